The average Bonchev–Trinajstić information content (AvgIpc) is 3.45. The Hall–Kier alpha value is -1.90. The summed E-state index contributed by atoms with van der Waals surface area (Å²) in [7, 11) is -2.08. The van der Waals surface area contributed by atoms with Gasteiger partial charge in [-0.15, -0.1) is 11.3 Å². The van der Waals surface area contributed by atoms with E-state index < -0.39 is 10.0 Å². The predicted molar refractivity (Wildman–Crippen MR) is 112 cm³/mol. The van der Waals surface area contributed by atoms with Crippen molar-refractivity contribution in [1.29, 1.82) is 0 Å². The van der Waals surface area contributed by atoms with E-state index in [1.54, 1.807) is 42.7 Å². The molecule has 0 aliphatic carbocycles. The molecule has 2 saturated heterocycles. The van der Waals surface area contributed by atoms with Crippen LogP contribution in [0.25, 0.3) is 0 Å². The first-order valence-electron chi connectivity index (χ1n) is 9.99. The first kappa shape index (κ1) is 20.4. The summed E-state index contributed by atoms with van der Waals surface area (Å²) in [6.45, 7) is 1.45. The third kappa shape index (κ3) is 4.06. The summed E-state index contributed by atoms with van der Waals surface area (Å²) in [5.74, 6) is 0.428. The van der Waals surface area contributed by atoms with Crippen LogP contribution < -0.4 is 4.74 Å². The van der Waals surface area contributed by atoms with E-state index >= 15 is 0 Å². The lowest BCUT2D eigenvalue weighted by Gasteiger charge is -2.35. The van der Waals surface area contributed by atoms with E-state index in [0.717, 1.165) is 25.8 Å². The van der Waals surface area contributed by atoms with Gasteiger partial charge in [-0.05, 0) is 61.4 Å². The Morgan fingerprint density at radius 3 is 2.55 bits per heavy atom. The number of sulfonamides is 1. The lowest BCUT2D eigenvalue weighted by Crippen LogP contribution is -2.46. The van der Waals surface area contributed by atoms with E-state index in [-0.39, 0.29) is 29.3 Å². The quantitative estimate of drug-likeness (QED) is 0.722. The predicted octanol–water partition coefficient (Wildman–Crippen LogP) is 3.52. The molecule has 2 aliphatic rings. The number of piperidine rings is 1. The van der Waals surface area contributed by atoms with Gasteiger partial charge in [0.1, 0.15) is 5.75 Å². The van der Waals surface area contributed by atoms with Crippen molar-refractivity contribution >= 4 is 27.3 Å². The third-order valence-electron chi connectivity index (χ3n) is 5.84. The molecule has 2 aliphatic heterocycles. The first-order chi connectivity index (χ1) is 14.0. The summed E-state index contributed by atoms with van der Waals surface area (Å²) in [6.07, 6.45) is 3.41. The summed E-state index contributed by atoms with van der Waals surface area (Å²) >= 11 is 1.68. The van der Waals surface area contributed by atoms with Crippen molar-refractivity contribution in [2.75, 3.05) is 26.7 Å². The maximum Gasteiger partial charge on any atom is 0.243 e. The fraction of sp³-hybridized carbons (Fsp3) is 0.476. The van der Waals surface area contributed by atoms with Gasteiger partial charge < -0.3 is 9.64 Å². The maximum atomic E-state index is 13.3. The summed E-state index contributed by atoms with van der Waals surface area (Å²) in [5, 5.41) is 2.04. The van der Waals surface area contributed by atoms with Crippen LogP contribution in [0.5, 0.6) is 5.75 Å². The van der Waals surface area contributed by atoms with Gasteiger partial charge >= 0.3 is 0 Å². The van der Waals surface area contributed by atoms with Gasteiger partial charge in [0.25, 0.3) is 0 Å². The van der Waals surface area contributed by atoms with Crippen molar-refractivity contribution < 1.29 is 17.9 Å². The van der Waals surface area contributed by atoms with Crippen molar-refractivity contribution in [1.82, 2.24) is 9.21 Å². The van der Waals surface area contributed by atoms with Crippen LogP contribution in [-0.2, 0) is 14.8 Å². The molecule has 1 aromatic heterocycles. The minimum absolute atomic E-state index is 0.0931. The Kier molecular flexibility index (Phi) is 5.94. The first-order valence-corrected chi connectivity index (χ1v) is 12.3. The lowest BCUT2D eigenvalue weighted by atomic mass is 9.97. The highest BCUT2D eigenvalue weighted by Gasteiger charge is 2.38. The average molecular weight is 435 g/mol. The van der Waals surface area contributed by atoms with Crippen LogP contribution >= 0.6 is 11.3 Å². The maximum absolute atomic E-state index is 13.3. The number of thiophene rings is 1. The Labute approximate surface area is 176 Å². The van der Waals surface area contributed by atoms with Gasteiger partial charge in [-0.3, -0.25) is 4.79 Å². The standard InChI is InChI=1S/C21H26N2O4S2/c1-27-17-8-10-18(11-9-17)29(25,26)22-12-2-5-16(15-22)21(24)23-13-3-6-19(23)20-7-4-14-28-20/h4,7-11,14,16,19H,2-3,5-6,12-13,15H2,1H3. The smallest absolute Gasteiger partial charge is 0.243 e. The van der Waals surface area contributed by atoms with Gasteiger partial charge in [0.2, 0.25) is 15.9 Å². The zero-order valence-corrected chi connectivity index (χ0v) is 18.1. The highest BCUT2D eigenvalue weighted by Crippen LogP contribution is 2.37. The largest absolute Gasteiger partial charge is 0.497 e. The second kappa shape index (κ2) is 8.45. The second-order valence-corrected chi connectivity index (χ2v) is 10.5. The monoisotopic (exact) mass is 434 g/mol. The molecule has 0 radical (unpaired) electrons. The zero-order chi connectivity index (χ0) is 20.4. The Morgan fingerprint density at radius 2 is 1.86 bits per heavy atom. The minimum Gasteiger partial charge on any atom is -0.497 e. The molecule has 2 atom stereocenters. The molecule has 0 N–H and O–H groups in total. The number of rotatable bonds is 5. The van der Waals surface area contributed by atoms with Crippen LogP contribution in [0.1, 0.15) is 36.6 Å². The summed E-state index contributed by atoms with van der Waals surface area (Å²) in [6, 6.07) is 10.7. The van der Waals surface area contributed by atoms with Crippen molar-refractivity contribution in [3.05, 3.63) is 46.7 Å². The van der Waals surface area contributed by atoms with E-state index in [1.165, 1.54) is 9.18 Å². The van der Waals surface area contributed by atoms with E-state index in [1.807, 2.05) is 16.3 Å². The Bertz CT molecular complexity index is 942. The molecule has 0 saturated carbocycles. The fourth-order valence-corrected chi connectivity index (χ4v) is 6.70. The number of amides is 1. The lowest BCUT2D eigenvalue weighted by molar-refractivity contribution is -0.137. The minimum atomic E-state index is -3.62. The number of hydrogen-bond acceptors (Lipinski definition) is 5. The van der Waals surface area contributed by atoms with Gasteiger partial charge in [0.15, 0.2) is 0 Å². The molecular weight excluding hydrogens is 408 g/mol. The molecule has 8 heteroatoms. The molecule has 2 aromatic rings. The molecule has 2 fully saturated rings. The summed E-state index contributed by atoms with van der Waals surface area (Å²) in [4.78, 5) is 16.7. The molecule has 1 aromatic carbocycles. The van der Waals surface area contributed by atoms with Crippen LogP contribution in [0.2, 0.25) is 0 Å². The van der Waals surface area contributed by atoms with Crippen LogP contribution in [0.4, 0.5) is 0 Å². The van der Waals surface area contributed by atoms with Gasteiger partial charge in [0, 0.05) is 24.5 Å². The van der Waals surface area contributed by atoms with E-state index in [4.69, 9.17) is 4.74 Å². The van der Waals surface area contributed by atoms with Gasteiger partial charge in [-0.1, -0.05) is 6.07 Å². The molecule has 0 bridgehead atoms. The molecule has 4 rings (SSSR count). The van der Waals surface area contributed by atoms with Gasteiger partial charge in [0.05, 0.1) is 24.0 Å². The van der Waals surface area contributed by atoms with Crippen molar-refractivity contribution in [2.45, 2.75) is 36.6 Å². The van der Waals surface area contributed by atoms with Crippen LogP contribution in [0.15, 0.2) is 46.7 Å². The second-order valence-electron chi connectivity index (χ2n) is 7.58. The topological polar surface area (TPSA) is 66.9 Å². The zero-order valence-electron chi connectivity index (χ0n) is 16.5. The van der Waals surface area contributed by atoms with Crippen molar-refractivity contribution in [2.24, 2.45) is 5.92 Å². The number of hydrogen-bond donors (Lipinski definition) is 0. The van der Waals surface area contributed by atoms with Crippen molar-refractivity contribution in [3.8, 4) is 5.75 Å². The molecule has 1 amide bonds. The van der Waals surface area contributed by atoms with Crippen LogP contribution in [-0.4, -0.2) is 50.3 Å². The molecule has 3 heterocycles. The number of methoxy groups -OCH3 is 1. The molecular formula is C21H26N2O4S2. The fourth-order valence-electron chi connectivity index (χ4n) is 4.30. The number of nitrogens with zero attached hydrogens (tertiary/aromatic N) is 2. The van der Waals surface area contributed by atoms with E-state index in [9.17, 15) is 13.2 Å². The van der Waals surface area contributed by atoms with Crippen molar-refractivity contribution in [3.63, 3.8) is 0 Å². The molecule has 29 heavy (non-hydrogen) atoms. The van der Waals surface area contributed by atoms with E-state index in [2.05, 4.69) is 6.07 Å². The highest BCUT2D eigenvalue weighted by molar-refractivity contribution is 7.89. The molecule has 2 unspecified atom stereocenters. The summed E-state index contributed by atoms with van der Waals surface area (Å²) < 4.78 is 32.8. The van der Waals surface area contributed by atoms with Gasteiger partial charge in [-0.25, -0.2) is 8.42 Å². The SMILES string of the molecule is COc1ccc(S(=O)(=O)N2CCCC(C(=O)N3CCCC3c3cccs3)C2)cc1. The Morgan fingerprint density at radius 1 is 1.10 bits per heavy atom. The van der Waals surface area contributed by atoms with E-state index in [0.29, 0.717) is 18.7 Å². The highest BCUT2D eigenvalue weighted by atomic mass is 32.2. The van der Waals surface area contributed by atoms with Gasteiger partial charge in [-0.2, -0.15) is 4.31 Å². The molecule has 0 spiro atoms. The normalized spacial score (nSPS) is 23.3. The number of likely N-dealkylation sites (tertiary alicyclic amines) is 1. The van der Waals surface area contributed by atoms with Crippen LogP contribution in [0.3, 0.4) is 0 Å². The number of carbonyl (C=O) groups is 1. The molecule has 6 nitrogen and oxygen atoms in total. The molecule has 156 valence electrons. The number of ether oxygens (including phenoxy) is 1. The third-order valence-corrected chi connectivity index (χ3v) is 8.69. The summed E-state index contributed by atoms with van der Waals surface area (Å²) in [5.41, 5.74) is 0. The number of carbonyl (C=O) groups excluding carboxylic acids is 1. The van der Waals surface area contributed by atoms with Crippen LogP contribution in [0, 0.1) is 5.92 Å². The number of benzene rings is 1. The Balaban J connectivity index is 1.49.